The fourth-order valence-electron chi connectivity index (χ4n) is 1.81. The molecule has 0 aromatic carbocycles. The summed E-state index contributed by atoms with van der Waals surface area (Å²) >= 11 is 0. The van der Waals surface area contributed by atoms with E-state index in [1.165, 1.54) is 19.2 Å². The zero-order valence-electron chi connectivity index (χ0n) is 10.4. The van der Waals surface area contributed by atoms with Crippen LogP contribution in [-0.2, 0) is 11.8 Å². The standard InChI is InChI=1S/C11H15FN4O2/c1-8(2)18-11(12)7-5-4-6-9(11)16-10(17)15(3)13-14-16/h4-9H,1-3H3. The van der Waals surface area contributed by atoms with Gasteiger partial charge in [0.25, 0.3) is 5.85 Å². The van der Waals surface area contributed by atoms with Crippen LogP contribution in [0.15, 0.2) is 29.1 Å². The molecule has 0 saturated heterocycles. The molecule has 2 unspecified atom stereocenters. The van der Waals surface area contributed by atoms with Crippen molar-refractivity contribution in [2.45, 2.75) is 31.8 Å². The fraction of sp³-hybridized carbons (Fsp3) is 0.545. The van der Waals surface area contributed by atoms with E-state index >= 15 is 0 Å². The van der Waals surface area contributed by atoms with Gasteiger partial charge in [0.05, 0.1) is 6.10 Å². The van der Waals surface area contributed by atoms with Crippen molar-refractivity contribution in [2.24, 2.45) is 7.05 Å². The van der Waals surface area contributed by atoms with Crippen LogP contribution < -0.4 is 5.69 Å². The summed E-state index contributed by atoms with van der Waals surface area (Å²) in [6.07, 6.45) is 5.67. The van der Waals surface area contributed by atoms with E-state index in [1.807, 2.05) is 0 Å². The van der Waals surface area contributed by atoms with E-state index in [0.29, 0.717) is 0 Å². The number of aryl methyl sites for hydroxylation is 1. The van der Waals surface area contributed by atoms with Crippen LogP contribution >= 0.6 is 0 Å². The van der Waals surface area contributed by atoms with Gasteiger partial charge in [0, 0.05) is 7.05 Å². The highest BCUT2D eigenvalue weighted by atomic mass is 19.2. The highest BCUT2D eigenvalue weighted by Gasteiger charge is 2.41. The van der Waals surface area contributed by atoms with E-state index in [0.717, 1.165) is 9.36 Å². The maximum absolute atomic E-state index is 14.8. The molecule has 1 aliphatic carbocycles. The molecule has 1 aromatic heterocycles. The molecular weight excluding hydrogens is 239 g/mol. The van der Waals surface area contributed by atoms with Crippen molar-refractivity contribution in [3.63, 3.8) is 0 Å². The molecule has 0 bridgehead atoms. The third kappa shape index (κ3) is 2.13. The number of nitrogens with zero attached hydrogens (tertiary/aromatic N) is 4. The van der Waals surface area contributed by atoms with E-state index in [2.05, 4.69) is 10.4 Å². The minimum absolute atomic E-state index is 0.318. The normalized spacial score (nSPS) is 27.1. The predicted molar refractivity (Wildman–Crippen MR) is 62.6 cm³/mol. The van der Waals surface area contributed by atoms with Gasteiger partial charge < -0.3 is 4.74 Å². The minimum atomic E-state index is -2.09. The van der Waals surface area contributed by atoms with Crippen LogP contribution in [0.3, 0.4) is 0 Å². The molecule has 1 aromatic rings. The molecule has 0 fully saturated rings. The summed E-state index contributed by atoms with van der Waals surface area (Å²) in [6, 6.07) is -0.953. The number of ether oxygens (including phenoxy) is 1. The maximum Gasteiger partial charge on any atom is 0.364 e. The number of tetrazole rings is 1. The summed E-state index contributed by atoms with van der Waals surface area (Å²) in [7, 11) is 1.46. The lowest BCUT2D eigenvalue weighted by atomic mass is 10.0. The summed E-state index contributed by atoms with van der Waals surface area (Å²) in [5.74, 6) is -2.09. The summed E-state index contributed by atoms with van der Waals surface area (Å²) in [6.45, 7) is 3.45. The first-order chi connectivity index (χ1) is 8.44. The molecule has 0 radical (unpaired) electrons. The van der Waals surface area contributed by atoms with Crippen molar-refractivity contribution >= 4 is 0 Å². The Kier molecular flexibility index (Phi) is 3.16. The maximum atomic E-state index is 14.8. The zero-order chi connectivity index (χ0) is 13.3. The number of alkyl halides is 1. The Hall–Kier alpha value is -1.76. The van der Waals surface area contributed by atoms with Gasteiger partial charge in [-0.2, -0.15) is 9.36 Å². The molecule has 7 heteroatoms. The molecule has 0 N–H and O–H groups in total. The molecule has 18 heavy (non-hydrogen) atoms. The van der Waals surface area contributed by atoms with E-state index < -0.39 is 17.6 Å². The number of halogens is 1. The van der Waals surface area contributed by atoms with Crippen LogP contribution in [0.4, 0.5) is 4.39 Å². The van der Waals surface area contributed by atoms with Crippen molar-refractivity contribution in [3.8, 4) is 0 Å². The van der Waals surface area contributed by atoms with Crippen LogP contribution in [0, 0.1) is 0 Å². The molecule has 2 atom stereocenters. The van der Waals surface area contributed by atoms with Gasteiger partial charge in [-0.25, -0.2) is 9.18 Å². The average molecular weight is 254 g/mol. The van der Waals surface area contributed by atoms with Crippen LogP contribution in [0.25, 0.3) is 0 Å². The highest BCUT2D eigenvalue weighted by Crippen LogP contribution is 2.33. The number of hydrogen-bond acceptors (Lipinski definition) is 4. The van der Waals surface area contributed by atoms with Gasteiger partial charge >= 0.3 is 5.69 Å². The Morgan fingerprint density at radius 2 is 2.17 bits per heavy atom. The molecule has 2 rings (SSSR count). The summed E-state index contributed by atoms with van der Waals surface area (Å²) in [4.78, 5) is 11.8. The van der Waals surface area contributed by atoms with E-state index in [1.54, 1.807) is 26.0 Å². The SMILES string of the molecule is CC(C)OC1(F)C=CC=CC1n1nnn(C)c1=O. The van der Waals surface area contributed by atoms with Crippen molar-refractivity contribution in [1.82, 2.24) is 19.8 Å². The minimum Gasteiger partial charge on any atom is -0.338 e. The summed E-state index contributed by atoms with van der Waals surface area (Å²) in [5, 5.41) is 7.23. The molecule has 0 spiro atoms. The fourth-order valence-corrected chi connectivity index (χ4v) is 1.81. The van der Waals surface area contributed by atoms with Gasteiger partial charge in [-0.15, -0.1) is 0 Å². The molecule has 1 aliphatic rings. The van der Waals surface area contributed by atoms with E-state index in [-0.39, 0.29) is 6.10 Å². The van der Waals surface area contributed by atoms with Gasteiger partial charge in [0.1, 0.15) is 6.04 Å². The monoisotopic (exact) mass is 254 g/mol. The Balaban J connectivity index is 2.41. The second kappa shape index (κ2) is 4.49. The smallest absolute Gasteiger partial charge is 0.338 e. The Morgan fingerprint density at radius 3 is 2.72 bits per heavy atom. The lowest BCUT2D eigenvalue weighted by molar-refractivity contribution is -0.157. The Morgan fingerprint density at radius 1 is 1.44 bits per heavy atom. The van der Waals surface area contributed by atoms with Crippen LogP contribution in [-0.4, -0.2) is 31.7 Å². The average Bonchev–Trinajstić information content (AvgIpc) is 2.59. The van der Waals surface area contributed by atoms with Gasteiger partial charge in [-0.05, 0) is 30.4 Å². The van der Waals surface area contributed by atoms with Crippen LogP contribution in [0.2, 0.25) is 0 Å². The van der Waals surface area contributed by atoms with Crippen molar-refractivity contribution in [2.75, 3.05) is 0 Å². The van der Waals surface area contributed by atoms with Crippen molar-refractivity contribution in [1.29, 1.82) is 0 Å². The number of allylic oxidation sites excluding steroid dienone is 2. The third-order valence-corrected chi connectivity index (χ3v) is 2.55. The molecule has 0 saturated carbocycles. The first-order valence-electron chi connectivity index (χ1n) is 5.65. The zero-order valence-corrected chi connectivity index (χ0v) is 10.4. The second-order valence-electron chi connectivity index (χ2n) is 4.38. The Bertz CT molecular complexity index is 545. The lowest BCUT2D eigenvalue weighted by Crippen LogP contribution is -2.42. The van der Waals surface area contributed by atoms with Crippen molar-refractivity contribution in [3.05, 3.63) is 34.8 Å². The number of rotatable bonds is 3. The molecule has 0 aliphatic heterocycles. The molecule has 0 amide bonds. The van der Waals surface area contributed by atoms with E-state index in [9.17, 15) is 9.18 Å². The molecule has 1 heterocycles. The largest absolute Gasteiger partial charge is 0.364 e. The molecular formula is C11H15FN4O2. The predicted octanol–water partition coefficient (Wildman–Crippen LogP) is 0.735. The van der Waals surface area contributed by atoms with Crippen LogP contribution in [0.1, 0.15) is 19.9 Å². The summed E-state index contributed by atoms with van der Waals surface area (Å²) in [5.41, 5.74) is -0.491. The second-order valence-corrected chi connectivity index (χ2v) is 4.38. The highest BCUT2D eigenvalue weighted by molar-refractivity contribution is 5.20. The molecule has 6 nitrogen and oxygen atoms in total. The first kappa shape index (κ1) is 12.7. The third-order valence-electron chi connectivity index (χ3n) is 2.55. The molecule has 98 valence electrons. The topological polar surface area (TPSA) is 61.9 Å². The van der Waals surface area contributed by atoms with Gasteiger partial charge in [0.2, 0.25) is 0 Å². The quantitative estimate of drug-likeness (QED) is 0.798. The van der Waals surface area contributed by atoms with Crippen molar-refractivity contribution < 1.29 is 9.13 Å². The Labute approximate surface area is 103 Å². The van der Waals surface area contributed by atoms with E-state index in [4.69, 9.17) is 4.74 Å². The van der Waals surface area contributed by atoms with Crippen LogP contribution in [0.5, 0.6) is 0 Å². The number of hydrogen-bond donors (Lipinski definition) is 0. The van der Waals surface area contributed by atoms with Gasteiger partial charge in [-0.1, -0.05) is 18.2 Å². The first-order valence-corrected chi connectivity index (χ1v) is 5.65. The number of aromatic nitrogens is 4. The van der Waals surface area contributed by atoms with Gasteiger partial charge in [0.15, 0.2) is 0 Å². The van der Waals surface area contributed by atoms with Gasteiger partial charge in [-0.3, -0.25) is 0 Å². The lowest BCUT2D eigenvalue weighted by Gasteiger charge is -2.31. The summed E-state index contributed by atoms with van der Waals surface area (Å²) < 4.78 is 22.1.